The number of carbonyl (C=O) groups is 2. The van der Waals surface area contributed by atoms with Gasteiger partial charge in [-0.3, -0.25) is 14.5 Å². The molecule has 176 valence electrons. The predicted octanol–water partition coefficient (Wildman–Crippen LogP) is 5.43. The van der Waals surface area contributed by atoms with E-state index in [4.69, 9.17) is 11.6 Å². The third-order valence-electron chi connectivity index (χ3n) is 5.67. The van der Waals surface area contributed by atoms with E-state index in [2.05, 4.69) is 5.32 Å². The highest BCUT2D eigenvalue weighted by atomic mass is 35.5. The minimum Gasteiger partial charge on any atom is -0.351 e. The van der Waals surface area contributed by atoms with E-state index in [1.165, 1.54) is 16.7 Å². The summed E-state index contributed by atoms with van der Waals surface area (Å²) in [6, 6.07) is 26.7. The van der Waals surface area contributed by atoms with Gasteiger partial charge < -0.3 is 5.32 Å². The lowest BCUT2D eigenvalue weighted by Crippen LogP contribution is -2.32. The Morgan fingerprint density at radius 2 is 1.71 bits per heavy atom. The van der Waals surface area contributed by atoms with E-state index >= 15 is 0 Å². The number of halogens is 1. The Bertz CT molecular complexity index is 1280. The van der Waals surface area contributed by atoms with Crippen molar-refractivity contribution < 1.29 is 9.59 Å². The minimum absolute atomic E-state index is 0.0715. The zero-order chi connectivity index (χ0) is 24.8. The van der Waals surface area contributed by atoms with Gasteiger partial charge in [0, 0.05) is 17.3 Å². The van der Waals surface area contributed by atoms with Crippen LogP contribution in [-0.2, 0) is 22.4 Å². The number of nitrogens with zero attached hydrogens (tertiary/aromatic N) is 2. The highest BCUT2D eigenvalue weighted by Gasteiger charge is 2.40. The van der Waals surface area contributed by atoms with Gasteiger partial charge in [-0.25, -0.2) is 0 Å². The highest BCUT2D eigenvalue weighted by Crippen LogP contribution is 2.42. The molecule has 0 aromatic heterocycles. The lowest BCUT2D eigenvalue weighted by Gasteiger charge is -2.19. The van der Waals surface area contributed by atoms with E-state index in [0.29, 0.717) is 35.1 Å². The van der Waals surface area contributed by atoms with E-state index in [9.17, 15) is 14.9 Å². The molecule has 3 aromatic carbocycles. The first-order valence-corrected chi connectivity index (χ1v) is 12.5. The van der Waals surface area contributed by atoms with E-state index in [-0.39, 0.29) is 11.5 Å². The first kappa shape index (κ1) is 24.6. The summed E-state index contributed by atoms with van der Waals surface area (Å²) < 4.78 is 0. The predicted molar refractivity (Wildman–Crippen MR) is 141 cm³/mol. The molecular formula is C28H24ClN3O2S. The number of nitrogens with one attached hydrogen (secondary N) is 1. The summed E-state index contributed by atoms with van der Waals surface area (Å²) >= 11 is 7.31. The summed E-state index contributed by atoms with van der Waals surface area (Å²) in [5.41, 5.74) is 3.74. The fourth-order valence-electron chi connectivity index (χ4n) is 3.80. The van der Waals surface area contributed by atoms with Crippen molar-refractivity contribution >= 4 is 40.9 Å². The lowest BCUT2D eigenvalue weighted by atomic mass is 10.1. The number of anilines is 1. The van der Waals surface area contributed by atoms with Gasteiger partial charge in [-0.05, 0) is 55.2 Å². The first-order valence-electron chi connectivity index (χ1n) is 11.2. The third kappa shape index (κ3) is 5.94. The van der Waals surface area contributed by atoms with Crippen LogP contribution in [0.25, 0.3) is 0 Å². The molecule has 0 unspecified atom stereocenters. The molecule has 0 bridgehead atoms. The van der Waals surface area contributed by atoms with Crippen LogP contribution >= 0.6 is 23.4 Å². The number of benzene rings is 3. The van der Waals surface area contributed by atoms with E-state index < -0.39 is 11.2 Å². The van der Waals surface area contributed by atoms with Gasteiger partial charge in [0.05, 0.1) is 5.25 Å². The minimum atomic E-state index is -0.492. The fraction of sp³-hybridized carbons (Fsp3) is 0.179. The molecule has 3 aromatic rings. The molecule has 0 saturated carbocycles. The van der Waals surface area contributed by atoms with E-state index in [1.54, 1.807) is 24.3 Å². The Morgan fingerprint density at radius 3 is 2.37 bits per heavy atom. The van der Waals surface area contributed by atoms with Gasteiger partial charge in [0.1, 0.15) is 16.7 Å². The SMILES string of the molecule is Cc1ccc(C[C@@H]2S/C(=C(/C#N)C(=O)NCCc3ccccc3)N(c3ccc(Cl)cc3)C2=O)cc1. The Hall–Kier alpha value is -3.53. The van der Waals surface area contributed by atoms with Crippen molar-refractivity contribution in [1.29, 1.82) is 5.26 Å². The maximum atomic E-state index is 13.5. The molecular weight excluding hydrogens is 478 g/mol. The van der Waals surface area contributed by atoms with Crippen LogP contribution < -0.4 is 10.2 Å². The average molecular weight is 502 g/mol. The van der Waals surface area contributed by atoms with Crippen molar-refractivity contribution in [2.75, 3.05) is 11.4 Å². The first-order chi connectivity index (χ1) is 17.0. The quantitative estimate of drug-likeness (QED) is 0.346. The van der Waals surface area contributed by atoms with Crippen LogP contribution in [-0.4, -0.2) is 23.6 Å². The summed E-state index contributed by atoms with van der Waals surface area (Å²) in [6.07, 6.45) is 1.13. The Balaban J connectivity index is 1.61. The number of amides is 2. The largest absolute Gasteiger partial charge is 0.351 e. The van der Waals surface area contributed by atoms with Crippen molar-refractivity contribution in [1.82, 2.24) is 5.32 Å². The molecule has 0 aliphatic carbocycles. The maximum absolute atomic E-state index is 13.5. The van der Waals surface area contributed by atoms with Gasteiger partial charge in [0.15, 0.2) is 0 Å². The standard InChI is InChI=1S/C28H24ClN3O2S/c1-19-7-9-21(10-8-19)17-25-27(34)32(23-13-11-22(29)12-14-23)28(35-25)24(18-30)26(33)31-16-15-20-5-3-2-4-6-20/h2-14,25H,15-17H2,1H3,(H,31,33)/b28-24-/t25-/m0/s1. The monoisotopic (exact) mass is 501 g/mol. The van der Waals surface area contributed by atoms with Crippen LogP contribution in [0.3, 0.4) is 0 Å². The molecule has 1 heterocycles. The molecule has 7 heteroatoms. The molecule has 1 atom stereocenters. The van der Waals surface area contributed by atoms with Crippen LogP contribution in [0.4, 0.5) is 5.69 Å². The van der Waals surface area contributed by atoms with Crippen LogP contribution in [0.15, 0.2) is 89.5 Å². The molecule has 5 nitrogen and oxygen atoms in total. The summed E-state index contributed by atoms with van der Waals surface area (Å²) in [5.74, 6) is -0.661. The van der Waals surface area contributed by atoms with Crippen molar-refractivity contribution in [3.63, 3.8) is 0 Å². The number of carbonyl (C=O) groups excluding carboxylic acids is 2. The van der Waals surface area contributed by atoms with Gasteiger partial charge in [0.25, 0.3) is 5.91 Å². The van der Waals surface area contributed by atoms with Crippen molar-refractivity contribution in [3.05, 3.63) is 111 Å². The smallest absolute Gasteiger partial charge is 0.264 e. The molecule has 2 amide bonds. The average Bonchev–Trinajstić information content (AvgIpc) is 3.17. The number of hydrogen-bond acceptors (Lipinski definition) is 4. The summed E-state index contributed by atoms with van der Waals surface area (Å²) in [6.45, 7) is 2.39. The lowest BCUT2D eigenvalue weighted by molar-refractivity contribution is -0.117. The van der Waals surface area contributed by atoms with Gasteiger partial charge >= 0.3 is 0 Å². The van der Waals surface area contributed by atoms with E-state index in [1.807, 2.05) is 67.6 Å². The Labute approximate surface area is 214 Å². The van der Waals surface area contributed by atoms with Crippen LogP contribution in [0, 0.1) is 18.3 Å². The van der Waals surface area contributed by atoms with Gasteiger partial charge in [-0.2, -0.15) is 5.26 Å². The van der Waals surface area contributed by atoms with Crippen molar-refractivity contribution in [2.24, 2.45) is 0 Å². The number of nitriles is 1. The molecule has 1 aliphatic rings. The van der Waals surface area contributed by atoms with Crippen LogP contribution in [0.1, 0.15) is 16.7 Å². The number of thioether (sulfide) groups is 1. The number of hydrogen-bond donors (Lipinski definition) is 1. The molecule has 0 radical (unpaired) electrons. The molecule has 1 aliphatic heterocycles. The Kier molecular flexibility index (Phi) is 7.91. The molecule has 0 spiro atoms. The zero-order valence-corrected chi connectivity index (χ0v) is 20.8. The van der Waals surface area contributed by atoms with Crippen molar-refractivity contribution in [3.8, 4) is 6.07 Å². The number of rotatable bonds is 7. The molecule has 1 fully saturated rings. The van der Waals surface area contributed by atoms with Crippen LogP contribution in [0.2, 0.25) is 5.02 Å². The van der Waals surface area contributed by atoms with Gasteiger partial charge in [-0.15, -0.1) is 0 Å². The molecule has 4 rings (SSSR count). The molecule has 1 N–H and O–H groups in total. The fourth-order valence-corrected chi connectivity index (χ4v) is 5.24. The second kappa shape index (κ2) is 11.3. The van der Waals surface area contributed by atoms with Gasteiger partial charge in [-0.1, -0.05) is 83.5 Å². The second-order valence-electron chi connectivity index (χ2n) is 8.23. The normalized spacial score (nSPS) is 16.7. The highest BCUT2D eigenvalue weighted by molar-refractivity contribution is 8.05. The maximum Gasteiger partial charge on any atom is 0.264 e. The van der Waals surface area contributed by atoms with Crippen LogP contribution in [0.5, 0.6) is 0 Å². The zero-order valence-electron chi connectivity index (χ0n) is 19.2. The summed E-state index contributed by atoms with van der Waals surface area (Å²) in [5, 5.41) is 13.2. The van der Waals surface area contributed by atoms with Crippen molar-refractivity contribution in [2.45, 2.75) is 25.0 Å². The topological polar surface area (TPSA) is 73.2 Å². The third-order valence-corrected chi connectivity index (χ3v) is 7.19. The summed E-state index contributed by atoms with van der Waals surface area (Å²) in [4.78, 5) is 28.0. The van der Waals surface area contributed by atoms with Gasteiger partial charge in [0.2, 0.25) is 5.91 Å². The summed E-state index contributed by atoms with van der Waals surface area (Å²) in [7, 11) is 0. The second-order valence-corrected chi connectivity index (χ2v) is 9.86. The molecule has 35 heavy (non-hydrogen) atoms. The number of aryl methyl sites for hydroxylation is 1. The van der Waals surface area contributed by atoms with E-state index in [0.717, 1.165) is 16.7 Å². The molecule has 1 saturated heterocycles. The Morgan fingerprint density at radius 1 is 1.03 bits per heavy atom.